The van der Waals surface area contributed by atoms with E-state index in [0.29, 0.717) is 22.9 Å². The molecule has 1 N–H and O–H groups in total. The van der Waals surface area contributed by atoms with E-state index in [1.807, 2.05) is 0 Å². The van der Waals surface area contributed by atoms with Crippen LogP contribution in [0.1, 0.15) is 36.0 Å². The number of nitrogens with one attached hydrogen (secondary N) is 1. The number of carbonyl (C=O) groups is 1. The topological polar surface area (TPSA) is 42.0 Å². The van der Waals surface area contributed by atoms with E-state index in [4.69, 9.17) is 0 Å². The average Bonchev–Trinajstić information content (AvgIpc) is 2.38. The monoisotopic (exact) mass is 350 g/mol. The molecule has 1 saturated carbocycles. The van der Waals surface area contributed by atoms with E-state index in [2.05, 4.69) is 26.2 Å². The van der Waals surface area contributed by atoms with E-state index in [1.54, 1.807) is 6.07 Å². The third-order valence-electron chi connectivity index (χ3n) is 3.44. The highest BCUT2D eigenvalue weighted by molar-refractivity contribution is 9.10. The quantitative estimate of drug-likeness (QED) is 0.883. The van der Waals surface area contributed by atoms with Gasteiger partial charge in [-0.3, -0.25) is 9.78 Å². The lowest BCUT2D eigenvalue weighted by Crippen LogP contribution is -2.41. The molecular weight excluding hydrogens is 337 g/mol. The van der Waals surface area contributed by atoms with E-state index < -0.39 is 18.1 Å². The summed E-state index contributed by atoms with van der Waals surface area (Å²) in [7, 11) is 0. The van der Waals surface area contributed by atoms with Gasteiger partial charge in [0.1, 0.15) is 0 Å². The molecule has 1 fully saturated rings. The second-order valence-corrected chi connectivity index (χ2v) is 5.88. The van der Waals surface area contributed by atoms with Crippen LogP contribution in [0, 0.1) is 5.92 Å². The molecular formula is C13H14BrF3N2O. The van der Waals surface area contributed by atoms with Gasteiger partial charge in [-0.05, 0) is 41.3 Å². The van der Waals surface area contributed by atoms with Crippen molar-refractivity contribution in [1.29, 1.82) is 0 Å². The maximum atomic E-state index is 12.7. The minimum atomic E-state index is -4.18. The summed E-state index contributed by atoms with van der Waals surface area (Å²) >= 11 is 3.20. The number of hydrogen-bond acceptors (Lipinski definition) is 2. The molecule has 1 aromatic heterocycles. The molecule has 0 spiro atoms. The molecule has 20 heavy (non-hydrogen) atoms. The van der Waals surface area contributed by atoms with Gasteiger partial charge in [-0.15, -0.1) is 0 Å². The number of aromatic nitrogens is 1. The number of hydrogen-bond donors (Lipinski definition) is 1. The second-order valence-electron chi connectivity index (χ2n) is 4.97. The first-order valence-electron chi connectivity index (χ1n) is 6.34. The van der Waals surface area contributed by atoms with Crippen LogP contribution in [-0.2, 0) is 0 Å². The summed E-state index contributed by atoms with van der Waals surface area (Å²) in [5.74, 6) is -1.70. The lowest BCUT2D eigenvalue weighted by molar-refractivity contribution is -0.183. The maximum absolute atomic E-state index is 12.7. The summed E-state index contributed by atoms with van der Waals surface area (Å²) < 4.78 is 38.8. The van der Waals surface area contributed by atoms with Crippen LogP contribution in [0.5, 0.6) is 0 Å². The number of rotatable bonds is 2. The molecule has 0 radical (unpaired) electrons. The van der Waals surface area contributed by atoms with Gasteiger partial charge in [-0.1, -0.05) is 6.42 Å². The Hall–Kier alpha value is -1.11. The van der Waals surface area contributed by atoms with Crippen molar-refractivity contribution in [1.82, 2.24) is 10.3 Å². The Labute approximate surface area is 123 Å². The average molecular weight is 351 g/mol. The number of pyridine rings is 1. The minimum Gasteiger partial charge on any atom is -0.349 e. The van der Waals surface area contributed by atoms with Gasteiger partial charge in [0.15, 0.2) is 0 Å². The molecule has 2 unspecified atom stereocenters. The predicted molar refractivity (Wildman–Crippen MR) is 71.2 cm³/mol. The number of alkyl halides is 3. The van der Waals surface area contributed by atoms with Crippen LogP contribution in [0.3, 0.4) is 0 Å². The van der Waals surface area contributed by atoms with Gasteiger partial charge in [-0.25, -0.2) is 0 Å². The zero-order valence-corrected chi connectivity index (χ0v) is 12.2. The van der Waals surface area contributed by atoms with Crippen molar-refractivity contribution in [2.45, 2.75) is 37.9 Å². The highest BCUT2D eigenvalue weighted by Crippen LogP contribution is 2.37. The summed E-state index contributed by atoms with van der Waals surface area (Å²) in [5, 5.41) is 2.66. The Morgan fingerprint density at radius 1 is 1.35 bits per heavy atom. The number of amides is 1. The Kier molecular flexibility index (Phi) is 4.67. The van der Waals surface area contributed by atoms with Gasteiger partial charge >= 0.3 is 6.18 Å². The Morgan fingerprint density at radius 3 is 2.75 bits per heavy atom. The van der Waals surface area contributed by atoms with Crippen LogP contribution in [0.25, 0.3) is 0 Å². The summed E-state index contributed by atoms with van der Waals surface area (Å²) in [6.07, 6.45) is -0.0848. The number of halogens is 4. The smallest absolute Gasteiger partial charge is 0.349 e. The van der Waals surface area contributed by atoms with E-state index in [0.717, 1.165) is 0 Å². The number of nitrogens with zero attached hydrogens (tertiary/aromatic N) is 1. The van der Waals surface area contributed by atoms with Crippen LogP contribution in [0.2, 0.25) is 0 Å². The molecule has 110 valence electrons. The third kappa shape index (κ3) is 3.94. The van der Waals surface area contributed by atoms with Gasteiger partial charge in [0.2, 0.25) is 0 Å². The van der Waals surface area contributed by atoms with E-state index in [-0.39, 0.29) is 18.7 Å². The molecule has 0 saturated heterocycles. The largest absolute Gasteiger partial charge is 0.391 e. The van der Waals surface area contributed by atoms with Gasteiger partial charge in [0.05, 0.1) is 11.5 Å². The molecule has 1 aliphatic carbocycles. The fraction of sp³-hybridized carbons (Fsp3) is 0.538. The molecule has 1 amide bonds. The van der Waals surface area contributed by atoms with E-state index >= 15 is 0 Å². The lowest BCUT2D eigenvalue weighted by atomic mass is 9.85. The van der Waals surface area contributed by atoms with E-state index in [9.17, 15) is 18.0 Å². The normalized spacial score (nSPS) is 23.4. The van der Waals surface area contributed by atoms with Crippen LogP contribution >= 0.6 is 15.9 Å². The molecule has 3 nitrogen and oxygen atoms in total. The Bertz CT molecular complexity index is 493. The number of carbonyl (C=O) groups excluding carboxylic acids is 1. The van der Waals surface area contributed by atoms with Gasteiger partial charge in [-0.2, -0.15) is 13.2 Å². The lowest BCUT2D eigenvalue weighted by Gasteiger charge is -2.31. The van der Waals surface area contributed by atoms with Crippen molar-refractivity contribution in [3.63, 3.8) is 0 Å². The molecule has 1 aromatic rings. The van der Waals surface area contributed by atoms with Crippen molar-refractivity contribution < 1.29 is 18.0 Å². The molecule has 7 heteroatoms. The zero-order chi connectivity index (χ0) is 14.8. The maximum Gasteiger partial charge on any atom is 0.391 e. The highest BCUT2D eigenvalue weighted by Gasteiger charge is 2.42. The summed E-state index contributed by atoms with van der Waals surface area (Å²) in [4.78, 5) is 15.8. The SMILES string of the molecule is O=C(NC1CCCC(C(F)(F)F)C1)c1cncc(Br)c1. The molecule has 2 atom stereocenters. The first-order valence-corrected chi connectivity index (χ1v) is 7.13. The van der Waals surface area contributed by atoms with Gasteiger partial charge < -0.3 is 5.32 Å². The van der Waals surface area contributed by atoms with Crippen molar-refractivity contribution >= 4 is 21.8 Å². The summed E-state index contributed by atoms with van der Waals surface area (Å²) in [5.41, 5.74) is 0.341. The Morgan fingerprint density at radius 2 is 2.10 bits per heavy atom. The van der Waals surface area contributed by atoms with E-state index in [1.165, 1.54) is 12.4 Å². The molecule has 2 rings (SSSR count). The fourth-order valence-electron chi connectivity index (χ4n) is 2.42. The van der Waals surface area contributed by atoms with Crippen molar-refractivity contribution in [2.24, 2.45) is 5.92 Å². The van der Waals surface area contributed by atoms with Crippen LogP contribution in [-0.4, -0.2) is 23.1 Å². The van der Waals surface area contributed by atoms with Crippen molar-refractivity contribution in [3.8, 4) is 0 Å². The predicted octanol–water partition coefficient (Wildman–Crippen LogP) is 3.70. The summed E-state index contributed by atoms with van der Waals surface area (Å²) in [6, 6.07) is 1.16. The molecule has 0 bridgehead atoms. The van der Waals surface area contributed by atoms with Crippen LogP contribution in [0.15, 0.2) is 22.9 Å². The van der Waals surface area contributed by atoms with Crippen molar-refractivity contribution in [2.75, 3.05) is 0 Å². The van der Waals surface area contributed by atoms with Gasteiger partial charge in [0, 0.05) is 22.9 Å². The fourth-order valence-corrected chi connectivity index (χ4v) is 2.79. The summed E-state index contributed by atoms with van der Waals surface area (Å²) in [6.45, 7) is 0. The first-order chi connectivity index (χ1) is 9.36. The third-order valence-corrected chi connectivity index (χ3v) is 3.87. The zero-order valence-electron chi connectivity index (χ0n) is 10.6. The highest BCUT2D eigenvalue weighted by atomic mass is 79.9. The van der Waals surface area contributed by atoms with Crippen LogP contribution < -0.4 is 5.32 Å². The standard InChI is InChI=1S/C13H14BrF3N2O/c14-10-4-8(6-18-7-10)12(20)19-11-3-1-2-9(5-11)13(15,16)17/h4,6-7,9,11H,1-3,5H2,(H,19,20). The Balaban J connectivity index is 1.98. The minimum absolute atomic E-state index is 0.0450. The first kappa shape index (κ1) is 15.3. The molecule has 0 aliphatic heterocycles. The molecule has 0 aromatic carbocycles. The van der Waals surface area contributed by atoms with Crippen molar-refractivity contribution in [3.05, 3.63) is 28.5 Å². The van der Waals surface area contributed by atoms with Gasteiger partial charge in [0.25, 0.3) is 5.91 Å². The van der Waals surface area contributed by atoms with Crippen LogP contribution in [0.4, 0.5) is 13.2 Å². The molecule has 1 heterocycles. The second kappa shape index (κ2) is 6.11. The molecule has 1 aliphatic rings.